The van der Waals surface area contributed by atoms with Crippen LogP contribution in [0.2, 0.25) is 0 Å². The van der Waals surface area contributed by atoms with E-state index in [1.807, 2.05) is 30.5 Å². The van der Waals surface area contributed by atoms with Crippen LogP contribution < -0.4 is 5.32 Å². The number of benzene rings is 7. The van der Waals surface area contributed by atoms with Gasteiger partial charge in [-0.15, -0.1) is 0 Å². The van der Waals surface area contributed by atoms with E-state index >= 15 is 0 Å². The summed E-state index contributed by atoms with van der Waals surface area (Å²) in [4.78, 5) is 0. The smallest absolute Gasteiger partial charge is 0.137 e. The van der Waals surface area contributed by atoms with Crippen LogP contribution >= 0.6 is 0 Å². The molecule has 9 aromatic rings. The minimum atomic E-state index is 0.884. The second-order valence-corrected chi connectivity index (χ2v) is 12.7. The summed E-state index contributed by atoms with van der Waals surface area (Å²) in [6, 6.07) is 59.3. The number of aromatic nitrogens is 1. The van der Waals surface area contributed by atoms with Crippen molar-refractivity contribution in [3.05, 3.63) is 206 Å². The molecule has 0 unspecified atom stereocenters. The van der Waals surface area contributed by atoms with Crippen LogP contribution in [0, 0.1) is 0 Å². The fourth-order valence-corrected chi connectivity index (χ4v) is 7.11. The maximum Gasteiger partial charge on any atom is 0.137 e. The molecule has 1 N–H and O–H groups in total. The Morgan fingerprint density at radius 3 is 2.04 bits per heavy atom. The highest BCUT2D eigenvalue weighted by Gasteiger charge is 2.19. The molecule has 0 saturated heterocycles. The lowest BCUT2D eigenvalue weighted by molar-refractivity contribution is 0.669. The Morgan fingerprint density at radius 1 is 0.569 bits per heavy atom. The first-order valence-corrected chi connectivity index (χ1v) is 17.2. The van der Waals surface area contributed by atoms with Gasteiger partial charge in [-0.3, -0.25) is 0 Å². The van der Waals surface area contributed by atoms with Crippen molar-refractivity contribution in [2.75, 3.05) is 5.32 Å². The molecule has 9 rings (SSSR count). The van der Waals surface area contributed by atoms with Crippen LogP contribution in [0.15, 0.2) is 199 Å². The topological polar surface area (TPSA) is 30.1 Å². The van der Waals surface area contributed by atoms with E-state index in [4.69, 9.17) is 4.42 Å². The molecule has 0 spiro atoms. The van der Waals surface area contributed by atoms with Crippen LogP contribution in [0.5, 0.6) is 0 Å². The number of allylic oxidation sites excluding steroid dienone is 4. The standard InChI is InChI=1S/C48H34N2O/c1-33(34-13-5-2-6-14-34)31-38(29-30-49-39-24-21-36(22-25-39)35-15-7-3-8-16-35)37-23-27-44-43(32-37)41-26-28-46-47(42-19-11-12-20-45(42)51-46)48(41)50(44)40-17-9-4-10-18-40/h2-32,49H,1H2/b30-29-,38-31+. The van der Waals surface area contributed by atoms with Gasteiger partial charge in [0.1, 0.15) is 11.2 Å². The minimum Gasteiger partial charge on any atom is -0.456 e. The average Bonchev–Trinajstić information content (AvgIpc) is 3.74. The molecule has 0 atom stereocenters. The number of anilines is 1. The molecule has 51 heavy (non-hydrogen) atoms. The zero-order valence-electron chi connectivity index (χ0n) is 28.0. The molecule has 0 saturated carbocycles. The number of nitrogens with zero attached hydrogens (tertiary/aromatic N) is 1. The van der Waals surface area contributed by atoms with Gasteiger partial charge >= 0.3 is 0 Å². The summed E-state index contributed by atoms with van der Waals surface area (Å²) >= 11 is 0. The molecule has 2 aromatic heterocycles. The summed E-state index contributed by atoms with van der Waals surface area (Å²) in [7, 11) is 0. The van der Waals surface area contributed by atoms with Gasteiger partial charge in [0.15, 0.2) is 0 Å². The summed E-state index contributed by atoms with van der Waals surface area (Å²) in [5.74, 6) is 0. The summed E-state index contributed by atoms with van der Waals surface area (Å²) in [5, 5.41) is 8.09. The molecule has 3 nitrogen and oxygen atoms in total. The Bertz CT molecular complexity index is 2750. The van der Waals surface area contributed by atoms with Crippen LogP contribution in [0.1, 0.15) is 11.1 Å². The lowest BCUT2D eigenvalue weighted by Gasteiger charge is -2.10. The molecule has 242 valence electrons. The fraction of sp³-hybridized carbons (Fsp3) is 0. The van der Waals surface area contributed by atoms with Crippen LogP contribution in [-0.4, -0.2) is 4.57 Å². The fourth-order valence-electron chi connectivity index (χ4n) is 7.11. The maximum absolute atomic E-state index is 6.36. The van der Waals surface area contributed by atoms with Crippen molar-refractivity contribution < 1.29 is 4.42 Å². The highest BCUT2D eigenvalue weighted by Crippen LogP contribution is 2.41. The van der Waals surface area contributed by atoms with Crippen molar-refractivity contribution in [2.24, 2.45) is 0 Å². The Balaban J connectivity index is 1.17. The van der Waals surface area contributed by atoms with Gasteiger partial charge < -0.3 is 14.3 Å². The first-order valence-electron chi connectivity index (χ1n) is 17.2. The first-order chi connectivity index (χ1) is 25.2. The number of para-hydroxylation sites is 2. The van der Waals surface area contributed by atoms with E-state index in [1.165, 1.54) is 21.9 Å². The summed E-state index contributed by atoms with van der Waals surface area (Å²) < 4.78 is 8.73. The van der Waals surface area contributed by atoms with Crippen LogP contribution in [0.3, 0.4) is 0 Å². The quantitative estimate of drug-likeness (QED) is 0.165. The number of rotatable bonds is 8. The molecule has 0 fully saturated rings. The molecule has 0 amide bonds. The van der Waals surface area contributed by atoms with E-state index in [-0.39, 0.29) is 0 Å². The molecule has 7 aromatic carbocycles. The van der Waals surface area contributed by atoms with Crippen molar-refractivity contribution in [2.45, 2.75) is 0 Å². The number of hydrogen-bond donors (Lipinski definition) is 1. The molecule has 0 aliphatic rings. The molecular formula is C48H34N2O. The third kappa shape index (κ3) is 5.61. The normalized spacial score (nSPS) is 12.0. The minimum absolute atomic E-state index is 0.884. The molecule has 2 heterocycles. The van der Waals surface area contributed by atoms with Gasteiger partial charge in [0, 0.05) is 33.7 Å². The first kappa shape index (κ1) is 30.2. The van der Waals surface area contributed by atoms with Crippen molar-refractivity contribution in [1.82, 2.24) is 4.57 Å². The van der Waals surface area contributed by atoms with Gasteiger partial charge in [-0.1, -0.05) is 122 Å². The Labute approximate surface area is 296 Å². The van der Waals surface area contributed by atoms with Gasteiger partial charge in [-0.25, -0.2) is 0 Å². The van der Waals surface area contributed by atoms with Gasteiger partial charge in [0.05, 0.1) is 16.4 Å². The van der Waals surface area contributed by atoms with Crippen molar-refractivity contribution >= 4 is 60.6 Å². The lowest BCUT2D eigenvalue weighted by Crippen LogP contribution is -1.94. The van der Waals surface area contributed by atoms with E-state index in [2.05, 4.69) is 174 Å². The number of furan rings is 1. The summed E-state index contributed by atoms with van der Waals surface area (Å²) in [6.07, 6.45) is 6.32. The molecule has 0 bridgehead atoms. The predicted octanol–water partition coefficient (Wildman–Crippen LogP) is 13.1. The number of nitrogens with one attached hydrogen (secondary N) is 1. The second-order valence-electron chi connectivity index (χ2n) is 12.7. The van der Waals surface area contributed by atoms with Crippen LogP contribution in [-0.2, 0) is 0 Å². The number of hydrogen-bond acceptors (Lipinski definition) is 2. The third-order valence-electron chi connectivity index (χ3n) is 9.59. The third-order valence-corrected chi connectivity index (χ3v) is 9.59. The Kier molecular flexibility index (Phi) is 7.64. The summed E-state index contributed by atoms with van der Waals surface area (Å²) in [6.45, 7) is 4.46. The highest BCUT2D eigenvalue weighted by atomic mass is 16.3. The average molecular weight is 655 g/mol. The number of fused-ring (bicyclic) bond motifs is 7. The maximum atomic E-state index is 6.36. The van der Waals surface area contributed by atoms with Crippen molar-refractivity contribution in [3.63, 3.8) is 0 Å². The second kappa shape index (κ2) is 12.9. The lowest BCUT2D eigenvalue weighted by atomic mass is 9.98. The zero-order valence-corrected chi connectivity index (χ0v) is 28.0. The van der Waals surface area contributed by atoms with E-state index < -0.39 is 0 Å². The molecular weight excluding hydrogens is 621 g/mol. The zero-order chi connectivity index (χ0) is 34.1. The highest BCUT2D eigenvalue weighted by molar-refractivity contribution is 6.24. The molecule has 0 aliphatic heterocycles. The van der Waals surface area contributed by atoms with E-state index in [9.17, 15) is 0 Å². The summed E-state index contributed by atoms with van der Waals surface area (Å²) in [5.41, 5.74) is 12.8. The van der Waals surface area contributed by atoms with E-state index in [0.29, 0.717) is 0 Å². The monoisotopic (exact) mass is 654 g/mol. The van der Waals surface area contributed by atoms with Gasteiger partial charge in [0.2, 0.25) is 0 Å². The molecule has 3 heteroatoms. The Morgan fingerprint density at radius 2 is 1.25 bits per heavy atom. The molecule has 0 aliphatic carbocycles. The van der Waals surface area contributed by atoms with Gasteiger partial charge in [0.25, 0.3) is 0 Å². The largest absolute Gasteiger partial charge is 0.456 e. The van der Waals surface area contributed by atoms with E-state index in [1.54, 1.807) is 0 Å². The van der Waals surface area contributed by atoms with E-state index in [0.717, 1.165) is 66.6 Å². The van der Waals surface area contributed by atoms with Crippen molar-refractivity contribution in [1.29, 1.82) is 0 Å². The van der Waals surface area contributed by atoms with Gasteiger partial charge in [-0.05, 0) is 100 Å². The van der Waals surface area contributed by atoms with Crippen LogP contribution in [0.4, 0.5) is 5.69 Å². The van der Waals surface area contributed by atoms with Crippen molar-refractivity contribution in [3.8, 4) is 16.8 Å². The Hall–Kier alpha value is -6.84. The predicted molar refractivity (Wildman–Crippen MR) is 216 cm³/mol. The van der Waals surface area contributed by atoms with Gasteiger partial charge in [-0.2, -0.15) is 0 Å². The van der Waals surface area contributed by atoms with Crippen LogP contribution in [0.25, 0.3) is 71.7 Å². The molecule has 0 radical (unpaired) electrons. The SMILES string of the molecule is C=C(/C=C(\C=C/Nc1ccc(-c2ccccc2)cc1)c1ccc2c(c1)c1ccc3oc4ccccc4c3c1n2-c1ccccc1)c1ccccc1.